The van der Waals surface area contributed by atoms with Crippen LogP contribution in [0, 0.1) is 0 Å². The van der Waals surface area contributed by atoms with E-state index < -0.39 is 0 Å². The number of nitrogens with zero attached hydrogens (tertiary/aromatic N) is 2. The predicted octanol–water partition coefficient (Wildman–Crippen LogP) is 16.5. The van der Waals surface area contributed by atoms with E-state index in [9.17, 15) is 0 Å². The largest absolute Gasteiger partial charge is 0.310 e. The van der Waals surface area contributed by atoms with Gasteiger partial charge in [-0.25, -0.2) is 0 Å². The summed E-state index contributed by atoms with van der Waals surface area (Å²) in [6, 6.07) is 71.9. The van der Waals surface area contributed by atoms with Crippen LogP contribution in [0.5, 0.6) is 0 Å². The van der Waals surface area contributed by atoms with Crippen molar-refractivity contribution in [1.82, 2.24) is 4.57 Å². The molecule has 9 aromatic rings. The van der Waals surface area contributed by atoms with E-state index in [0.29, 0.717) is 5.92 Å². The standard InChI is InChI=1S/C62H50N2/c1-61(2)55-21-13-11-19-51(55)52-38-36-50(40-57(52)61)63(48-32-27-43(28-33-48)41-15-7-5-8-16-41)49-34-29-44(30-35-49)42-23-25-45(26-24-42)46-31-37-54-58(39-46)64(47-17-9-6-10-18-47)60-53-20-12-14-22-56(53)62(3,4)59(54)60/h5-23,25-40,42H,24H2,1-4H3. The molecule has 0 amide bonds. The van der Waals surface area contributed by atoms with Crippen molar-refractivity contribution in [2.45, 2.75) is 50.9 Å². The van der Waals surface area contributed by atoms with Crippen LogP contribution in [-0.4, -0.2) is 4.57 Å². The Labute approximate surface area is 377 Å². The fourth-order valence-corrected chi connectivity index (χ4v) is 11.2. The van der Waals surface area contributed by atoms with Gasteiger partial charge in [-0.2, -0.15) is 0 Å². The second-order valence-corrected chi connectivity index (χ2v) is 18.9. The summed E-state index contributed by atoms with van der Waals surface area (Å²) in [6.07, 6.45) is 8.14. The quantitative estimate of drug-likeness (QED) is 0.155. The molecule has 3 aliphatic rings. The third-order valence-electron chi connectivity index (χ3n) is 14.5. The SMILES string of the molecule is CC1(C)c2ccccc2-c2ccc(N(c3ccc(-c4ccccc4)cc3)c3ccc(C4C=CC(c5ccc6c7c(n(-c8ccccc8)c6c5)-c5ccccc5C7(C)C)=CC4)cc3)cc21. The lowest BCUT2D eigenvalue weighted by Crippen LogP contribution is -2.16. The molecule has 0 bridgehead atoms. The van der Waals surface area contributed by atoms with E-state index in [-0.39, 0.29) is 10.8 Å². The van der Waals surface area contributed by atoms with Crippen molar-refractivity contribution in [3.05, 3.63) is 246 Å². The van der Waals surface area contributed by atoms with E-state index in [1.807, 2.05) is 0 Å². The molecule has 0 spiro atoms. The van der Waals surface area contributed by atoms with Crippen LogP contribution in [0.25, 0.3) is 55.7 Å². The molecule has 308 valence electrons. The molecule has 1 atom stereocenters. The van der Waals surface area contributed by atoms with E-state index in [1.165, 1.54) is 94.7 Å². The Hall–Kier alpha value is -7.42. The fourth-order valence-electron chi connectivity index (χ4n) is 11.2. The summed E-state index contributed by atoms with van der Waals surface area (Å²) in [5, 5.41) is 1.33. The minimum absolute atomic E-state index is 0.0878. The van der Waals surface area contributed by atoms with Gasteiger partial charge in [0.15, 0.2) is 0 Å². The molecule has 8 aromatic carbocycles. The molecule has 3 aliphatic carbocycles. The molecule has 1 heterocycles. The third-order valence-corrected chi connectivity index (χ3v) is 14.5. The van der Waals surface area contributed by atoms with Crippen LogP contribution in [0.1, 0.15) is 73.4 Å². The smallest absolute Gasteiger partial charge is 0.0584 e. The predicted molar refractivity (Wildman–Crippen MR) is 269 cm³/mol. The molecular weight excluding hydrogens is 773 g/mol. The van der Waals surface area contributed by atoms with Gasteiger partial charge in [0.1, 0.15) is 0 Å². The molecule has 1 aromatic heterocycles. The molecule has 0 aliphatic heterocycles. The molecule has 64 heavy (non-hydrogen) atoms. The Morgan fingerprint density at radius 2 is 1.06 bits per heavy atom. The topological polar surface area (TPSA) is 8.17 Å². The van der Waals surface area contributed by atoms with Gasteiger partial charge in [0.05, 0.1) is 11.2 Å². The highest BCUT2D eigenvalue weighted by Gasteiger charge is 2.40. The van der Waals surface area contributed by atoms with Crippen LogP contribution in [0.3, 0.4) is 0 Å². The van der Waals surface area contributed by atoms with Crippen molar-refractivity contribution in [2.75, 3.05) is 4.90 Å². The Morgan fingerprint density at radius 1 is 0.484 bits per heavy atom. The van der Waals surface area contributed by atoms with Gasteiger partial charge >= 0.3 is 0 Å². The average Bonchev–Trinajstić information content (AvgIpc) is 3.90. The Kier molecular flexibility index (Phi) is 8.72. The number of fused-ring (bicyclic) bond motifs is 8. The van der Waals surface area contributed by atoms with Crippen molar-refractivity contribution in [2.24, 2.45) is 0 Å². The maximum Gasteiger partial charge on any atom is 0.0584 e. The monoisotopic (exact) mass is 822 g/mol. The van der Waals surface area contributed by atoms with E-state index >= 15 is 0 Å². The normalized spacial score (nSPS) is 16.2. The average molecular weight is 823 g/mol. The van der Waals surface area contributed by atoms with Gasteiger partial charge in [-0.3, -0.25) is 0 Å². The van der Waals surface area contributed by atoms with E-state index in [0.717, 1.165) is 17.8 Å². The Balaban J connectivity index is 0.867. The number of aromatic nitrogens is 1. The zero-order valence-electron chi connectivity index (χ0n) is 36.9. The van der Waals surface area contributed by atoms with E-state index in [4.69, 9.17) is 0 Å². The molecule has 0 N–H and O–H groups in total. The first-order valence-electron chi connectivity index (χ1n) is 22.8. The van der Waals surface area contributed by atoms with Gasteiger partial charge in [-0.15, -0.1) is 0 Å². The van der Waals surface area contributed by atoms with Crippen LogP contribution in [0.4, 0.5) is 17.1 Å². The minimum Gasteiger partial charge on any atom is -0.310 e. The van der Waals surface area contributed by atoms with Gasteiger partial charge in [-0.1, -0.05) is 185 Å². The van der Waals surface area contributed by atoms with Gasteiger partial charge in [0, 0.05) is 50.4 Å². The molecule has 0 saturated heterocycles. The van der Waals surface area contributed by atoms with Crippen LogP contribution in [-0.2, 0) is 10.8 Å². The number of allylic oxidation sites excluding steroid dienone is 4. The zero-order chi connectivity index (χ0) is 43.2. The molecule has 0 saturated carbocycles. The second kappa shape index (κ2) is 14.6. The number of rotatable bonds is 7. The summed E-state index contributed by atoms with van der Waals surface area (Å²) in [5.74, 6) is 0.300. The van der Waals surface area contributed by atoms with Gasteiger partial charge in [0.25, 0.3) is 0 Å². The summed E-state index contributed by atoms with van der Waals surface area (Å²) in [4.78, 5) is 2.42. The highest BCUT2D eigenvalue weighted by molar-refractivity contribution is 6.01. The van der Waals surface area contributed by atoms with Gasteiger partial charge in [0.2, 0.25) is 0 Å². The summed E-state index contributed by atoms with van der Waals surface area (Å²) >= 11 is 0. The molecule has 2 nitrogen and oxygen atoms in total. The fraction of sp³-hybridized carbons (Fsp3) is 0.129. The Morgan fingerprint density at radius 3 is 1.77 bits per heavy atom. The molecule has 0 fully saturated rings. The lowest BCUT2D eigenvalue weighted by Gasteiger charge is -2.28. The van der Waals surface area contributed by atoms with Crippen LogP contribution < -0.4 is 4.90 Å². The summed E-state index contributed by atoms with van der Waals surface area (Å²) < 4.78 is 2.50. The maximum atomic E-state index is 2.50. The van der Waals surface area contributed by atoms with Crippen molar-refractivity contribution in [3.63, 3.8) is 0 Å². The molecule has 0 radical (unpaired) electrons. The van der Waals surface area contributed by atoms with Gasteiger partial charge < -0.3 is 9.47 Å². The molecule has 12 rings (SSSR count). The van der Waals surface area contributed by atoms with Crippen molar-refractivity contribution >= 4 is 33.5 Å². The van der Waals surface area contributed by atoms with E-state index in [1.54, 1.807) is 0 Å². The maximum absolute atomic E-state index is 2.50. The number of anilines is 3. The highest BCUT2D eigenvalue weighted by Crippen LogP contribution is 2.54. The molecular formula is C62H50N2. The minimum atomic E-state index is -0.0901. The third kappa shape index (κ3) is 5.93. The first kappa shape index (κ1) is 38.3. The van der Waals surface area contributed by atoms with Gasteiger partial charge in [-0.05, 0) is 122 Å². The molecule has 2 heteroatoms. The highest BCUT2D eigenvalue weighted by atomic mass is 15.1. The van der Waals surface area contributed by atoms with Crippen molar-refractivity contribution in [1.29, 1.82) is 0 Å². The Bertz CT molecular complexity index is 3320. The lowest BCUT2D eigenvalue weighted by molar-refractivity contribution is 0.660. The number of benzene rings is 8. The van der Waals surface area contributed by atoms with Crippen molar-refractivity contribution in [3.8, 4) is 39.2 Å². The first-order valence-corrected chi connectivity index (χ1v) is 22.8. The first-order chi connectivity index (χ1) is 31.3. The molecule has 1 unspecified atom stereocenters. The van der Waals surface area contributed by atoms with Crippen molar-refractivity contribution < 1.29 is 0 Å². The zero-order valence-corrected chi connectivity index (χ0v) is 36.9. The van der Waals surface area contributed by atoms with Crippen LogP contribution in [0.15, 0.2) is 212 Å². The number of hydrogen-bond acceptors (Lipinski definition) is 1. The number of para-hydroxylation sites is 1. The lowest BCUT2D eigenvalue weighted by atomic mass is 9.81. The van der Waals surface area contributed by atoms with Crippen LogP contribution >= 0.6 is 0 Å². The van der Waals surface area contributed by atoms with E-state index in [2.05, 4.69) is 250 Å². The summed E-state index contributed by atoms with van der Waals surface area (Å²) in [6.45, 7) is 9.48. The van der Waals surface area contributed by atoms with Crippen LogP contribution in [0.2, 0.25) is 0 Å². The summed E-state index contributed by atoms with van der Waals surface area (Å²) in [5.41, 5.74) is 22.9. The second-order valence-electron chi connectivity index (χ2n) is 18.9. The summed E-state index contributed by atoms with van der Waals surface area (Å²) in [7, 11) is 0. The number of hydrogen-bond donors (Lipinski definition) is 0.